The second-order valence-electron chi connectivity index (χ2n) is 5.53. The molecule has 0 aromatic carbocycles. The maximum absolute atomic E-state index is 9.67. The molecule has 24 heavy (non-hydrogen) atoms. The van der Waals surface area contributed by atoms with E-state index >= 15 is 0 Å². The van der Waals surface area contributed by atoms with Crippen molar-refractivity contribution in [1.29, 1.82) is 5.26 Å². The highest BCUT2D eigenvalue weighted by Gasteiger charge is 2.26. The van der Waals surface area contributed by atoms with Gasteiger partial charge in [-0.2, -0.15) is 22.1 Å². The Balaban J connectivity index is 2.31. The van der Waals surface area contributed by atoms with Crippen molar-refractivity contribution in [2.75, 3.05) is 23.8 Å². The van der Waals surface area contributed by atoms with E-state index in [2.05, 4.69) is 16.2 Å². The number of hydrogen-bond acceptors (Lipinski definition) is 7. The number of nitrogens with zero attached hydrogens (tertiary/aromatic N) is 4. The summed E-state index contributed by atoms with van der Waals surface area (Å²) in [5.74, 6) is 3.10. The number of pyridine rings is 1. The van der Waals surface area contributed by atoms with Crippen LogP contribution in [0.5, 0.6) is 0 Å². The Morgan fingerprint density at radius 1 is 1.33 bits per heavy atom. The Morgan fingerprint density at radius 3 is 2.83 bits per heavy atom. The molecule has 0 radical (unpaired) electrons. The fourth-order valence-electron chi connectivity index (χ4n) is 2.99. The standard InChI is InChI=1S/C16H19N5OS2/c1-9-13(10(2)21(20-9)3-4-22)14-11(7-17)16(18)19-12-8-23-5-6-24-15(12)14/h22H,3-6,8H2,1-2H3,(H2,18,19). The molecule has 0 spiro atoms. The average Bonchev–Trinajstić information content (AvgIpc) is 2.73. The van der Waals surface area contributed by atoms with E-state index < -0.39 is 0 Å². The molecule has 0 saturated carbocycles. The van der Waals surface area contributed by atoms with E-state index in [4.69, 9.17) is 5.73 Å². The Hall–Kier alpha value is -1.69. The maximum atomic E-state index is 9.67. The van der Waals surface area contributed by atoms with Gasteiger partial charge in [0, 0.05) is 39.0 Å². The van der Waals surface area contributed by atoms with Crippen molar-refractivity contribution in [1.82, 2.24) is 14.8 Å². The SMILES string of the molecule is Cc1nn(CCO)c(C)c1-c1c(C#N)c(N)nc2c1SCCSC2. The van der Waals surface area contributed by atoms with Crippen LogP contribution in [0.2, 0.25) is 0 Å². The van der Waals surface area contributed by atoms with Crippen molar-refractivity contribution < 1.29 is 5.11 Å². The van der Waals surface area contributed by atoms with Crippen LogP contribution in [0.15, 0.2) is 4.90 Å². The van der Waals surface area contributed by atoms with Crippen molar-refractivity contribution in [3.63, 3.8) is 0 Å². The number of aryl methyl sites for hydroxylation is 1. The quantitative estimate of drug-likeness (QED) is 0.865. The van der Waals surface area contributed by atoms with Crippen molar-refractivity contribution in [3.05, 3.63) is 22.6 Å². The minimum Gasteiger partial charge on any atom is -0.394 e. The number of nitriles is 1. The normalized spacial score (nSPS) is 14.1. The second-order valence-corrected chi connectivity index (χ2v) is 7.74. The van der Waals surface area contributed by atoms with Crippen LogP contribution < -0.4 is 5.73 Å². The van der Waals surface area contributed by atoms with Crippen LogP contribution in [0, 0.1) is 25.2 Å². The Kier molecular flexibility index (Phi) is 5.04. The zero-order chi connectivity index (χ0) is 17.3. The molecule has 3 N–H and O–H groups in total. The number of thioether (sulfide) groups is 2. The number of rotatable bonds is 3. The fourth-order valence-corrected chi connectivity index (χ4v) is 5.27. The Labute approximate surface area is 149 Å². The summed E-state index contributed by atoms with van der Waals surface area (Å²) in [5.41, 5.74) is 11.0. The third-order valence-corrected chi connectivity index (χ3v) is 6.38. The molecule has 6 nitrogen and oxygen atoms in total. The predicted molar refractivity (Wildman–Crippen MR) is 98.0 cm³/mol. The van der Waals surface area contributed by atoms with E-state index in [1.54, 1.807) is 16.4 Å². The van der Waals surface area contributed by atoms with E-state index in [0.717, 1.165) is 50.4 Å². The first kappa shape index (κ1) is 17.1. The summed E-state index contributed by atoms with van der Waals surface area (Å²) in [7, 11) is 0. The van der Waals surface area contributed by atoms with Crippen molar-refractivity contribution >= 4 is 29.3 Å². The molecule has 1 aliphatic rings. The minimum absolute atomic E-state index is 0.0223. The third-order valence-electron chi connectivity index (χ3n) is 4.02. The van der Waals surface area contributed by atoms with Crippen LogP contribution in [0.1, 0.15) is 22.6 Å². The van der Waals surface area contributed by atoms with Crippen molar-refractivity contribution in [2.45, 2.75) is 31.0 Å². The van der Waals surface area contributed by atoms with Gasteiger partial charge in [-0.05, 0) is 13.8 Å². The topological polar surface area (TPSA) is 101 Å². The predicted octanol–water partition coefficient (Wildman–Crippen LogP) is 2.35. The van der Waals surface area contributed by atoms with Crippen LogP contribution in [0.25, 0.3) is 11.1 Å². The van der Waals surface area contributed by atoms with Gasteiger partial charge in [-0.1, -0.05) is 0 Å². The van der Waals surface area contributed by atoms with E-state index in [9.17, 15) is 10.4 Å². The summed E-state index contributed by atoms with van der Waals surface area (Å²) in [4.78, 5) is 5.52. The van der Waals surface area contributed by atoms with E-state index in [0.29, 0.717) is 12.1 Å². The zero-order valence-electron chi connectivity index (χ0n) is 13.7. The first-order valence-corrected chi connectivity index (χ1v) is 9.80. The number of anilines is 1. The molecule has 8 heteroatoms. The highest BCUT2D eigenvalue weighted by molar-refractivity contribution is 8.03. The first-order valence-electron chi connectivity index (χ1n) is 7.66. The number of aromatic nitrogens is 3. The van der Waals surface area contributed by atoms with Crippen LogP contribution in [0.4, 0.5) is 5.82 Å². The molecule has 0 fully saturated rings. The summed E-state index contributed by atoms with van der Waals surface area (Å²) in [5, 5.41) is 23.4. The van der Waals surface area contributed by atoms with E-state index in [1.165, 1.54) is 0 Å². The Bertz CT molecular complexity index is 825. The third kappa shape index (κ3) is 2.88. The molecule has 0 saturated heterocycles. The lowest BCUT2D eigenvalue weighted by atomic mass is 9.98. The molecule has 0 unspecified atom stereocenters. The number of aliphatic hydroxyl groups excluding tert-OH is 1. The number of hydrogen-bond donors (Lipinski definition) is 2. The van der Waals surface area contributed by atoms with Crippen molar-refractivity contribution in [3.8, 4) is 17.2 Å². The molecule has 0 bridgehead atoms. The summed E-state index contributed by atoms with van der Waals surface area (Å²) in [6.45, 7) is 4.34. The van der Waals surface area contributed by atoms with Gasteiger partial charge in [0.1, 0.15) is 17.5 Å². The van der Waals surface area contributed by atoms with Crippen LogP contribution in [-0.4, -0.2) is 38.0 Å². The van der Waals surface area contributed by atoms with Gasteiger partial charge in [-0.15, -0.1) is 11.8 Å². The number of nitrogens with two attached hydrogens (primary N) is 1. The van der Waals surface area contributed by atoms with Gasteiger partial charge in [-0.3, -0.25) is 4.68 Å². The molecule has 2 aromatic heterocycles. The highest BCUT2D eigenvalue weighted by atomic mass is 32.2. The monoisotopic (exact) mass is 361 g/mol. The molecular formula is C16H19N5OS2. The summed E-state index contributed by atoms with van der Waals surface area (Å²) >= 11 is 3.56. The van der Waals surface area contributed by atoms with Crippen LogP contribution in [0.3, 0.4) is 0 Å². The lowest BCUT2D eigenvalue weighted by Gasteiger charge is -2.15. The first-order chi connectivity index (χ1) is 11.6. The van der Waals surface area contributed by atoms with Gasteiger partial charge in [0.15, 0.2) is 0 Å². The maximum Gasteiger partial charge on any atom is 0.142 e. The van der Waals surface area contributed by atoms with Gasteiger partial charge < -0.3 is 10.8 Å². The summed E-state index contributed by atoms with van der Waals surface area (Å²) in [6, 6.07) is 2.23. The molecule has 3 heterocycles. The smallest absolute Gasteiger partial charge is 0.142 e. The van der Waals surface area contributed by atoms with Gasteiger partial charge >= 0.3 is 0 Å². The van der Waals surface area contributed by atoms with Crippen LogP contribution >= 0.6 is 23.5 Å². The highest BCUT2D eigenvalue weighted by Crippen LogP contribution is 2.43. The molecule has 0 amide bonds. The molecule has 2 aromatic rings. The number of fused-ring (bicyclic) bond motifs is 1. The molecule has 3 rings (SSSR count). The second kappa shape index (κ2) is 7.05. The van der Waals surface area contributed by atoms with Gasteiger partial charge in [0.2, 0.25) is 0 Å². The van der Waals surface area contributed by atoms with Gasteiger partial charge in [0.25, 0.3) is 0 Å². The zero-order valence-corrected chi connectivity index (χ0v) is 15.3. The number of aliphatic hydroxyl groups is 1. The van der Waals surface area contributed by atoms with Gasteiger partial charge in [0.05, 0.1) is 24.5 Å². The van der Waals surface area contributed by atoms with Crippen molar-refractivity contribution in [2.24, 2.45) is 0 Å². The lowest BCUT2D eigenvalue weighted by Crippen LogP contribution is -2.07. The molecule has 0 aliphatic carbocycles. The Morgan fingerprint density at radius 2 is 2.12 bits per heavy atom. The van der Waals surface area contributed by atoms with E-state index in [-0.39, 0.29) is 12.4 Å². The average molecular weight is 361 g/mol. The van der Waals surface area contributed by atoms with E-state index in [1.807, 2.05) is 25.6 Å². The van der Waals surface area contributed by atoms with Gasteiger partial charge in [-0.25, -0.2) is 4.98 Å². The minimum atomic E-state index is 0.0223. The summed E-state index contributed by atoms with van der Waals surface area (Å²) in [6.07, 6.45) is 0. The molecule has 1 aliphatic heterocycles. The molecular weight excluding hydrogens is 342 g/mol. The molecule has 126 valence electrons. The largest absolute Gasteiger partial charge is 0.394 e. The molecule has 0 atom stereocenters. The van der Waals surface area contributed by atoms with Crippen LogP contribution in [-0.2, 0) is 12.3 Å². The fraction of sp³-hybridized carbons (Fsp3) is 0.438. The number of nitrogen functional groups attached to an aromatic ring is 1. The summed E-state index contributed by atoms with van der Waals surface area (Å²) < 4.78 is 1.78. The lowest BCUT2D eigenvalue weighted by molar-refractivity contribution is 0.268.